The van der Waals surface area contributed by atoms with E-state index in [1.54, 1.807) is 33.5 Å². The third-order valence-electron chi connectivity index (χ3n) is 4.27. The summed E-state index contributed by atoms with van der Waals surface area (Å²) < 4.78 is 16.2. The average Bonchev–Trinajstić information content (AvgIpc) is 2.72. The Bertz CT molecular complexity index is 986. The molecule has 3 aromatic rings. The van der Waals surface area contributed by atoms with E-state index in [0.717, 1.165) is 16.8 Å². The van der Waals surface area contributed by atoms with Crippen LogP contribution in [0.25, 0.3) is 22.4 Å². The molecule has 136 valence electrons. The van der Waals surface area contributed by atoms with Gasteiger partial charge in [0.1, 0.15) is 17.3 Å². The number of benzene rings is 2. The van der Waals surface area contributed by atoms with Crippen molar-refractivity contribution in [2.45, 2.75) is 0 Å². The fourth-order valence-electron chi connectivity index (χ4n) is 2.96. The zero-order valence-corrected chi connectivity index (χ0v) is 15.4. The largest absolute Gasteiger partial charge is 0.493 e. The number of nitrogen functional groups attached to an aromatic ring is 1. The Morgan fingerprint density at radius 2 is 1.52 bits per heavy atom. The normalized spacial score (nSPS) is 10.1. The number of rotatable bonds is 5. The number of aromatic amines is 1. The highest BCUT2D eigenvalue weighted by Crippen LogP contribution is 2.42. The second kappa shape index (κ2) is 7.67. The number of hydrogen-bond donors (Lipinski definition) is 1. The summed E-state index contributed by atoms with van der Waals surface area (Å²) in [6.45, 7) is 0. The molecular formula is C21H20N3O3+. The fraction of sp³-hybridized carbons (Fsp3) is 0.143. The van der Waals surface area contributed by atoms with Crippen LogP contribution in [0.15, 0.2) is 48.5 Å². The fourth-order valence-corrected chi connectivity index (χ4v) is 2.96. The van der Waals surface area contributed by atoms with Crippen LogP contribution in [0.1, 0.15) is 5.56 Å². The van der Waals surface area contributed by atoms with E-state index in [0.29, 0.717) is 34.2 Å². The number of anilines is 1. The van der Waals surface area contributed by atoms with Gasteiger partial charge in [-0.2, -0.15) is 5.26 Å². The minimum absolute atomic E-state index is 0.294. The number of H-pyrrole nitrogens is 1. The van der Waals surface area contributed by atoms with Gasteiger partial charge in [-0.1, -0.05) is 30.3 Å². The molecule has 0 saturated heterocycles. The van der Waals surface area contributed by atoms with Crippen molar-refractivity contribution in [2.75, 3.05) is 27.1 Å². The van der Waals surface area contributed by atoms with Crippen LogP contribution < -0.4 is 24.9 Å². The van der Waals surface area contributed by atoms with Gasteiger partial charge in [-0.15, -0.1) is 0 Å². The number of nitrogens with zero attached hydrogens (tertiary/aromatic N) is 1. The Kier molecular flexibility index (Phi) is 5.13. The molecule has 1 aromatic heterocycles. The molecule has 0 aliphatic heterocycles. The quantitative estimate of drug-likeness (QED) is 0.752. The summed E-state index contributed by atoms with van der Waals surface area (Å²) in [5, 5.41) is 9.64. The molecule has 0 radical (unpaired) electrons. The maximum atomic E-state index is 9.64. The zero-order chi connectivity index (χ0) is 19.4. The molecule has 0 amide bonds. The lowest BCUT2D eigenvalue weighted by Crippen LogP contribution is -2.16. The van der Waals surface area contributed by atoms with Gasteiger partial charge in [-0.05, 0) is 23.8 Å². The molecule has 0 aliphatic carbocycles. The van der Waals surface area contributed by atoms with Crippen LogP contribution in [0.3, 0.4) is 0 Å². The van der Waals surface area contributed by atoms with E-state index in [-0.39, 0.29) is 0 Å². The number of ether oxygens (including phenoxy) is 3. The highest BCUT2D eigenvalue weighted by molar-refractivity contribution is 5.80. The topological polar surface area (TPSA) is 91.6 Å². The Balaban J connectivity index is 2.28. The molecule has 0 fully saturated rings. The minimum Gasteiger partial charge on any atom is -0.493 e. The van der Waals surface area contributed by atoms with E-state index in [4.69, 9.17) is 19.9 Å². The first-order valence-corrected chi connectivity index (χ1v) is 8.24. The summed E-state index contributed by atoms with van der Waals surface area (Å²) in [6, 6.07) is 17.4. The third-order valence-corrected chi connectivity index (χ3v) is 4.27. The Labute approximate surface area is 157 Å². The number of aromatic nitrogens is 1. The van der Waals surface area contributed by atoms with Crippen LogP contribution >= 0.6 is 0 Å². The lowest BCUT2D eigenvalue weighted by atomic mass is 9.97. The van der Waals surface area contributed by atoms with Crippen molar-refractivity contribution in [1.82, 2.24) is 0 Å². The highest BCUT2D eigenvalue weighted by Gasteiger charge is 2.20. The van der Waals surface area contributed by atoms with Crippen molar-refractivity contribution in [3.8, 4) is 45.7 Å². The van der Waals surface area contributed by atoms with E-state index in [1.165, 1.54) is 0 Å². The van der Waals surface area contributed by atoms with Crippen LogP contribution in [0.4, 0.5) is 5.82 Å². The SMILES string of the molecule is COc1cc(-c2cc(-c3ccccc3)[nH+]c(N)c2C#N)cc(OC)c1OC. The average molecular weight is 362 g/mol. The van der Waals surface area contributed by atoms with Gasteiger partial charge in [0.25, 0.3) is 5.82 Å². The highest BCUT2D eigenvalue weighted by atomic mass is 16.5. The van der Waals surface area contributed by atoms with Crippen LogP contribution in [-0.4, -0.2) is 21.3 Å². The van der Waals surface area contributed by atoms with Crippen LogP contribution in [-0.2, 0) is 0 Å². The lowest BCUT2D eigenvalue weighted by molar-refractivity contribution is -0.346. The molecule has 2 aromatic carbocycles. The van der Waals surface area contributed by atoms with E-state index < -0.39 is 0 Å². The van der Waals surface area contributed by atoms with Gasteiger partial charge in [-0.3, -0.25) is 5.73 Å². The van der Waals surface area contributed by atoms with Crippen molar-refractivity contribution in [3.05, 3.63) is 54.1 Å². The van der Waals surface area contributed by atoms with Crippen LogP contribution in [0, 0.1) is 11.3 Å². The second-order valence-corrected chi connectivity index (χ2v) is 5.78. The Morgan fingerprint density at radius 3 is 2.04 bits per heavy atom. The van der Waals surface area contributed by atoms with Gasteiger partial charge in [0.15, 0.2) is 11.5 Å². The van der Waals surface area contributed by atoms with Gasteiger partial charge >= 0.3 is 0 Å². The standard InChI is InChI=1S/C21H19N3O3/c1-25-18-9-14(10-19(26-2)20(18)27-3)15-11-17(13-7-5-4-6-8-13)24-21(23)16(15)12-22/h4-11H,1-3H3,(H2,23,24)/p+1. The molecule has 0 atom stereocenters. The van der Waals surface area contributed by atoms with E-state index >= 15 is 0 Å². The number of nitriles is 1. The molecule has 0 aliphatic rings. The summed E-state index contributed by atoms with van der Waals surface area (Å²) >= 11 is 0. The van der Waals surface area contributed by atoms with Crippen LogP contribution in [0.2, 0.25) is 0 Å². The number of methoxy groups -OCH3 is 3. The predicted octanol–water partition coefficient (Wildman–Crippen LogP) is 3.31. The van der Waals surface area contributed by atoms with Gasteiger partial charge < -0.3 is 14.2 Å². The Hall–Kier alpha value is -3.72. The monoisotopic (exact) mass is 362 g/mol. The van der Waals surface area contributed by atoms with E-state index in [9.17, 15) is 5.26 Å². The molecule has 0 saturated carbocycles. The lowest BCUT2D eigenvalue weighted by Gasteiger charge is -2.15. The predicted molar refractivity (Wildman–Crippen MR) is 103 cm³/mol. The summed E-state index contributed by atoms with van der Waals surface area (Å²) in [5.41, 5.74) is 9.66. The van der Waals surface area contributed by atoms with Crippen molar-refractivity contribution >= 4 is 5.82 Å². The summed E-state index contributed by atoms with van der Waals surface area (Å²) in [4.78, 5) is 3.10. The first-order valence-electron chi connectivity index (χ1n) is 8.24. The molecule has 0 bridgehead atoms. The van der Waals surface area contributed by atoms with Crippen molar-refractivity contribution in [2.24, 2.45) is 0 Å². The minimum atomic E-state index is 0.294. The number of nitrogens with two attached hydrogens (primary N) is 1. The summed E-state index contributed by atoms with van der Waals surface area (Å²) in [7, 11) is 4.65. The molecule has 1 heterocycles. The molecule has 6 heteroatoms. The molecule has 27 heavy (non-hydrogen) atoms. The Morgan fingerprint density at radius 1 is 0.889 bits per heavy atom. The molecule has 0 spiro atoms. The molecule has 3 N–H and O–H groups in total. The van der Waals surface area contributed by atoms with Crippen LogP contribution in [0.5, 0.6) is 17.2 Å². The first-order chi connectivity index (χ1) is 13.1. The van der Waals surface area contributed by atoms with E-state index in [2.05, 4.69) is 11.1 Å². The number of pyridine rings is 1. The van der Waals surface area contributed by atoms with Gasteiger partial charge in [0.2, 0.25) is 5.75 Å². The molecule has 6 nitrogen and oxygen atoms in total. The third kappa shape index (κ3) is 3.35. The number of nitrogens with one attached hydrogen (secondary N) is 1. The zero-order valence-electron chi connectivity index (χ0n) is 15.4. The molecule has 3 rings (SSSR count). The van der Waals surface area contributed by atoms with Gasteiger partial charge in [0.05, 0.1) is 21.3 Å². The first kappa shape index (κ1) is 18.1. The maximum absolute atomic E-state index is 9.64. The van der Waals surface area contributed by atoms with E-state index in [1.807, 2.05) is 36.4 Å². The van der Waals surface area contributed by atoms with Crippen molar-refractivity contribution in [3.63, 3.8) is 0 Å². The summed E-state index contributed by atoms with van der Waals surface area (Å²) in [6.07, 6.45) is 0. The second-order valence-electron chi connectivity index (χ2n) is 5.78. The van der Waals surface area contributed by atoms with Gasteiger partial charge in [-0.25, -0.2) is 4.98 Å². The molecular weight excluding hydrogens is 342 g/mol. The van der Waals surface area contributed by atoms with Crippen molar-refractivity contribution < 1.29 is 19.2 Å². The maximum Gasteiger partial charge on any atom is 0.289 e. The molecule has 0 unspecified atom stereocenters. The summed E-state index contributed by atoms with van der Waals surface area (Å²) in [5.74, 6) is 1.79. The number of hydrogen-bond acceptors (Lipinski definition) is 5. The smallest absolute Gasteiger partial charge is 0.289 e. The van der Waals surface area contributed by atoms with Crippen molar-refractivity contribution in [1.29, 1.82) is 5.26 Å². The van der Waals surface area contributed by atoms with Gasteiger partial charge in [0, 0.05) is 11.1 Å².